The van der Waals surface area contributed by atoms with Crippen LogP contribution in [0.1, 0.15) is 0 Å². The van der Waals surface area contributed by atoms with Crippen LogP contribution in [-0.4, -0.2) is 25.5 Å². The molecule has 0 aliphatic rings. The van der Waals surface area contributed by atoms with Gasteiger partial charge in [-0.25, -0.2) is 18.4 Å². The minimum atomic E-state index is -3.85. The maximum absolute atomic E-state index is 12.1. The van der Waals surface area contributed by atoms with E-state index in [2.05, 4.69) is 14.7 Å². The van der Waals surface area contributed by atoms with Gasteiger partial charge in [-0.05, 0) is 12.1 Å². The standard InChI is InChI=1S/C11H11ClN4O3S/c1-19-7-2-3-9(12)10(4-7)16-20(17,18)8-5-14-11(13)15-6-8/h2-6,16H,1H3,(H2,13,14,15). The third-order valence-electron chi connectivity index (χ3n) is 2.38. The fourth-order valence-electron chi connectivity index (χ4n) is 1.38. The molecule has 0 aliphatic carbocycles. The SMILES string of the molecule is COc1ccc(Cl)c(NS(=O)(=O)c2cnc(N)nc2)c1. The summed E-state index contributed by atoms with van der Waals surface area (Å²) in [6.45, 7) is 0. The second-order valence-electron chi connectivity index (χ2n) is 3.73. The van der Waals surface area contributed by atoms with E-state index in [1.165, 1.54) is 19.2 Å². The number of hydrogen-bond donors (Lipinski definition) is 2. The fraction of sp³-hybridized carbons (Fsp3) is 0.0909. The van der Waals surface area contributed by atoms with E-state index in [9.17, 15) is 8.42 Å². The predicted octanol–water partition coefficient (Wildman–Crippen LogP) is 1.52. The highest BCUT2D eigenvalue weighted by atomic mass is 35.5. The van der Waals surface area contributed by atoms with Gasteiger partial charge in [-0.15, -0.1) is 0 Å². The number of methoxy groups -OCH3 is 1. The van der Waals surface area contributed by atoms with Gasteiger partial charge >= 0.3 is 0 Å². The van der Waals surface area contributed by atoms with E-state index in [0.717, 1.165) is 12.4 Å². The van der Waals surface area contributed by atoms with Crippen molar-refractivity contribution in [2.75, 3.05) is 17.6 Å². The Hall–Kier alpha value is -2.06. The van der Waals surface area contributed by atoms with Crippen LogP contribution < -0.4 is 15.2 Å². The summed E-state index contributed by atoms with van der Waals surface area (Å²) in [5, 5.41) is 0.241. The molecule has 1 aromatic heterocycles. The largest absolute Gasteiger partial charge is 0.497 e. The first-order chi connectivity index (χ1) is 9.42. The zero-order chi connectivity index (χ0) is 14.8. The number of nitrogens with one attached hydrogen (secondary N) is 1. The van der Waals surface area contributed by atoms with Gasteiger partial charge in [-0.1, -0.05) is 11.6 Å². The number of aromatic nitrogens is 2. The average Bonchev–Trinajstić information content (AvgIpc) is 2.41. The number of hydrogen-bond acceptors (Lipinski definition) is 6. The van der Waals surface area contributed by atoms with Crippen LogP contribution in [-0.2, 0) is 10.0 Å². The van der Waals surface area contributed by atoms with Crippen LogP contribution in [0.3, 0.4) is 0 Å². The Morgan fingerprint density at radius 1 is 1.30 bits per heavy atom. The van der Waals surface area contributed by atoms with Crippen molar-refractivity contribution in [2.45, 2.75) is 4.90 Å². The summed E-state index contributed by atoms with van der Waals surface area (Å²) in [7, 11) is -2.38. The average molecular weight is 315 g/mol. The number of ether oxygens (including phenoxy) is 1. The number of rotatable bonds is 4. The van der Waals surface area contributed by atoms with Gasteiger partial charge in [-0.2, -0.15) is 0 Å². The second-order valence-corrected chi connectivity index (χ2v) is 5.82. The van der Waals surface area contributed by atoms with Crippen molar-refractivity contribution in [3.63, 3.8) is 0 Å². The molecule has 2 rings (SSSR count). The number of anilines is 2. The van der Waals surface area contributed by atoms with Gasteiger partial charge in [0.15, 0.2) is 0 Å². The number of halogens is 1. The Kier molecular flexibility index (Phi) is 3.96. The molecule has 0 amide bonds. The van der Waals surface area contributed by atoms with Crippen molar-refractivity contribution in [3.05, 3.63) is 35.6 Å². The molecule has 0 radical (unpaired) electrons. The summed E-state index contributed by atoms with van der Waals surface area (Å²) in [5.74, 6) is 0.462. The Bertz CT molecular complexity index is 719. The first kappa shape index (κ1) is 14.4. The maximum atomic E-state index is 12.1. The van der Waals surface area contributed by atoms with Crippen LogP contribution in [0.5, 0.6) is 5.75 Å². The van der Waals surface area contributed by atoms with Crippen molar-refractivity contribution in [1.29, 1.82) is 0 Å². The topological polar surface area (TPSA) is 107 Å². The number of nitrogen functional groups attached to an aromatic ring is 1. The molecule has 106 valence electrons. The van der Waals surface area contributed by atoms with Crippen molar-refractivity contribution < 1.29 is 13.2 Å². The number of sulfonamides is 1. The summed E-state index contributed by atoms with van der Waals surface area (Å²) in [4.78, 5) is 7.15. The molecule has 9 heteroatoms. The molecule has 1 aromatic carbocycles. The summed E-state index contributed by atoms with van der Waals surface area (Å²) < 4.78 is 31.6. The number of benzene rings is 1. The molecule has 0 unspecified atom stereocenters. The fourth-order valence-corrected chi connectivity index (χ4v) is 2.56. The molecule has 2 aromatic rings. The van der Waals surface area contributed by atoms with Crippen molar-refractivity contribution >= 4 is 33.3 Å². The molecule has 20 heavy (non-hydrogen) atoms. The number of nitrogens with two attached hydrogens (primary N) is 1. The summed E-state index contributed by atoms with van der Waals surface area (Å²) in [5.41, 5.74) is 5.51. The lowest BCUT2D eigenvalue weighted by atomic mass is 10.3. The number of nitrogens with zero attached hydrogens (tertiary/aromatic N) is 2. The Labute approximate surface area is 120 Å². The zero-order valence-electron chi connectivity index (χ0n) is 10.4. The molecule has 0 fully saturated rings. The summed E-state index contributed by atoms with van der Waals surface area (Å²) in [6, 6.07) is 4.61. The highest BCUT2D eigenvalue weighted by Gasteiger charge is 2.17. The van der Waals surface area contributed by atoms with Crippen LogP contribution in [0.2, 0.25) is 5.02 Å². The van der Waals surface area contributed by atoms with Gasteiger partial charge in [-0.3, -0.25) is 4.72 Å². The lowest BCUT2D eigenvalue weighted by Gasteiger charge is -2.10. The van der Waals surface area contributed by atoms with E-state index in [-0.39, 0.29) is 21.6 Å². The van der Waals surface area contributed by atoms with Gasteiger partial charge in [0.1, 0.15) is 10.6 Å². The maximum Gasteiger partial charge on any atom is 0.265 e. The molecule has 3 N–H and O–H groups in total. The molecule has 0 atom stereocenters. The molecule has 0 saturated heterocycles. The highest BCUT2D eigenvalue weighted by molar-refractivity contribution is 7.92. The minimum Gasteiger partial charge on any atom is -0.497 e. The van der Waals surface area contributed by atoms with Gasteiger partial charge in [0, 0.05) is 6.07 Å². The molecule has 7 nitrogen and oxygen atoms in total. The van der Waals surface area contributed by atoms with Gasteiger partial charge in [0.05, 0.1) is 30.2 Å². The summed E-state index contributed by atoms with van der Waals surface area (Å²) in [6.07, 6.45) is 2.22. The lowest BCUT2D eigenvalue weighted by Crippen LogP contribution is -2.14. The normalized spacial score (nSPS) is 11.1. The predicted molar refractivity (Wildman–Crippen MR) is 75.3 cm³/mol. The van der Waals surface area contributed by atoms with Crippen LogP contribution in [0, 0.1) is 0 Å². The molecule has 0 spiro atoms. The molecule has 0 bridgehead atoms. The smallest absolute Gasteiger partial charge is 0.265 e. The monoisotopic (exact) mass is 314 g/mol. The van der Waals surface area contributed by atoms with E-state index in [1.54, 1.807) is 6.07 Å². The van der Waals surface area contributed by atoms with Gasteiger partial charge in [0.2, 0.25) is 5.95 Å². The van der Waals surface area contributed by atoms with E-state index < -0.39 is 10.0 Å². The van der Waals surface area contributed by atoms with E-state index in [0.29, 0.717) is 5.75 Å². The first-order valence-corrected chi connectivity index (χ1v) is 7.22. The van der Waals surface area contributed by atoms with Gasteiger partial charge in [0.25, 0.3) is 10.0 Å². The highest BCUT2D eigenvalue weighted by Crippen LogP contribution is 2.28. The summed E-state index contributed by atoms with van der Waals surface area (Å²) >= 11 is 5.94. The molecular formula is C11H11ClN4O3S. The Morgan fingerprint density at radius 3 is 2.55 bits per heavy atom. The first-order valence-electron chi connectivity index (χ1n) is 5.36. The minimum absolute atomic E-state index is 0.0108. The zero-order valence-corrected chi connectivity index (χ0v) is 11.9. The molecule has 0 saturated carbocycles. The molecular weight excluding hydrogens is 304 g/mol. The quantitative estimate of drug-likeness (QED) is 0.886. The molecule has 1 heterocycles. The van der Waals surface area contributed by atoms with E-state index >= 15 is 0 Å². The van der Waals surface area contributed by atoms with E-state index in [1.807, 2.05) is 0 Å². The molecule has 0 aliphatic heterocycles. The second kappa shape index (κ2) is 5.51. The van der Waals surface area contributed by atoms with Crippen LogP contribution in [0.25, 0.3) is 0 Å². The van der Waals surface area contributed by atoms with Crippen LogP contribution >= 0.6 is 11.6 Å². The van der Waals surface area contributed by atoms with Crippen molar-refractivity contribution in [1.82, 2.24) is 9.97 Å². The van der Waals surface area contributed by atoms with Crippen molar-refractivity contribution in [3.8, 4) is 5.75 Å². The van der Waals surface area contributed by atoms with Crippen molar-refractivity contribution in [2.24, 2.45) is 0 Å². The van der Waals surface area contributed by atoms with Gasteiger partial charge < -0.3 is 10.5 Å². The van der Waals surface area contributed by atoms with E-state index in [4.69, 9.17) is 22.1 Å². The van der Waals surface area contributed by atoms with Crippen LogP contribution in [0.15, 0.2) is 35.5 Å². The Morgan fingerprint density at radius 2 is 1.95 bits per heavy atom. The third-order valence-corrected chi connectivity index (χ3v) is 4.03. The van der Waals surface area contributed by atoms with Crippen LogP contribution in [0.4, 0.5) is 11.6 Å². The Balaban J connectivity index is 2.35. The lowest BCUT2D eigenvalue weighted by molar-refractivity contribution is 0.415. The third kappa shape index (κ3) is 3.09.